The lowest BCUT2D eigenvalue weighted by Crippen LogP contribution is -2.25. The van der Waals surface area contributed by atoms with E-state index in [1.165, 1.54) is 0 Å². The zero-order valence-electron chi connectivity index (χ0n) is 18.0. The first-order valence-electron chi connectivity index (χ1n) is 10.5. The fraction of sp³-hybridized carbons (Fsp3) is 0.120. The first-order chi connectivity index (χ1) is 16.2. The van der Waals surface area contributed by atoms with Crippen LogP contribution in [0.25, 0.3) is 22.0 Å². The molecule has 3 aromatic carbocycles. The molecule has 1 aliphatic heterocycles. The van der Waals surface area contributed by atoms with Gasteiger partial charge in [-0.3, -0.25) is 4.79 Å². The number of H-pyrrole nitrogens is 1. The standard InChI is InChI=1S/C25H19Cl2N3O3S/c1-34(32,33)30-22(15-7-9-17(26)10-8-15)14-21(29-30)24-23(16-5-3-2-4-6-16)19-13-18(27)11-12-20(19)28-25(24)31/h2-13,22H,14H2,1H3,(H,28,31)/t22-/m1/s1. The summed E-state index contributed by atoms with van der Waals surface area (Å²) in [5.74, 6) is 0. The summed E-state index contributed by atoms with van der Waals surface area (Å²) >= 11 is 12.3. The third kappa shape index (κ3) is 4.11. The fourth-order valence-corrected chi connectivity index (χ4v) is 5.53. The zero-order valence-corrected chi connectivity index (χ0v) is 20.3. The van der Waals surface area contributed by atoms with E-state index >= 15 is 0 Å². The van der Waals surface area contributed by atoms with Crippen LogP contribution in [0.15, 0.2) is 82.7 Å². The van der Waals surface area contributed by atoms with Crippen LogP contribution in [0.3, 0.4) is 0 Å². The summed E-state index contributed by atoms with van der Waals surface area (Å²) in [6, 6.07) is 21.1. The lowest BCUT2D eigenvalue weighted by atomic mass is 9.91. The molecule has 5 rings (SSSR count). The van der Waals surface area contributed by atoms with E-state index in [4.69, 9.17) is 23.2 Å². The molecule has 0 spiro atoms. The summed E-state index contributed by atoms with van der Waals surface area (Å²) < 4.78 is 26.4. The normalized spacial score (nSPS) is 16.1. The van der Waals surface area contributed by atoms with Gasteiger partial charge in [0.25, 0.3) is 5.56 Å². The van der Waals surface area contributed by atoms with Gasteiger partial charge in [-0.05, 0) is 41.5 Å². The highest BCUT2D eigenvalue weighted by Gasteiger charge is 2.36. The molecule has 4 aromatic rings. The number of hydrogen-bond donors (Lipinski definition) is 1. The number of nitrogens with zero attached hydrogens (tertiary/aromatic N) is 2. The maximum atomic E-state index is 13.4. The van der Waals surface area contributed by atoms with Gasteiger partial charge < -0.3 is 4.98 Å². The van der Waals surface area contributed by atoms with Crippen molar-refractivity contribution in [1.82, 2.24) is 9.40 Å². The summed E-state index contributed by atoms with van der Waals surface area (Å²) in [5.41, 5.74) is 3.18. The third-order valence-electron chi connectivity index (χ3n) is 5.79. The molecule has 1 N–H and O–H groups in total. The monoisotopic (exact) mass is 511 g/mol. The minimum atomic E-state index is -3.71. The van der Waals surface area contributed by atoms with E-state index in [9.17, 15) is 13.2 Å². The number of sulfonamides is 1. The molecule has 0 unspecified atom stereocenters. The molecule has 172 valence electrons. The van der Waals surface area contributed by atoms with Gasteiger partial charge in [-0.1, -0.05) is 65.7 Å². The highest BCUT2D eigenvalue weighted by molar-refractivity contribution is 7.88. The van der Waals surface area contributed by atoms with E-state index in [1.807, 2.05) is 30.3 Å². The van der Waals surface area contributed by atoms with E-state index < -0.39 is 16.1 Å². The number of aromatic nitrogens is 1. The Balaban J connectivity index is 1.76. The maximum absolute atomic E-state index is 13.4. The molecule has 1 aromatic heterocycles. The van der Waals surface area contributed by atoms with E-state index in [-0.39, 0.29) is 12.0 Å². The molecule has 34 heavy (non-hydrogen) atoms. The van der Waals surface area contributed by atoms with Crippen molar-refractivity contribution in [3.63, 3.8) is 0 Å². The van der Waals surface area contributed by atoms with Crippen LogP contribution < -0.4 is 5.56 Å². The molecular formula is C25H19Cl2N3O3S. The summed E-state index contributed by atoms with van der Waals surface area (Å²) in [6.07, 6.45) is 1.33. The number of benzene rings is 3. The molecule has 0 radical (unpaired) electrons. The summed E-state index contributed by atoms with van der Waals surface area (Å²) in [7, 11) is -3.71. The molecule has 0 saturated heterocycles. The Hall–Kier alpha value is -3.13. The second-order valence-corrected chi connectivity index (χ2v) is 10.8. The summed E-state index contributed by atoms with van der Waals surface area (Å²) in [4.78, 5) is 16.3. The summed E-state index contributed by atoms with van der Waals surface area (Å²) in [5, 5.41) is 6.27. The van der Waals surface area contributed by atoms with Gasteiger partial charge in [-0.25, -0.2) is 8.42 Å². The highest BCUT2D eigenvalue weighted by atomic mass is 35.5. The molecule has 0 saturated carbocycles. The van der Waals surface area contributed by atoms with Crippen LogP contribution in [0.4, 0.5) is 0 Å². The Bertz CT molecular complexity index is 1600. The first kappa shape index (κ1) is 22.7. The molecule has 0 amide bonds. The second-order valence-electron chi connectivity index (χ2n) is 8.11. The van der Waals surface area contributed by atoms with Crippen LogP contribution in [0, 0.1) is 0 Å². The van der Waals surface area contributed by atoms with E-state index in [1.54, 1.807) is 42.5 Å². The van der Waals surface area contributed by atoms with Gasteiger partial charge >= 0.3 is 0 Å². The summed E-state index contributed by atoms with van der Waals surface area (Å²) in [6.45, 7) is 0. The van der Waals surface area contributed by atoms with Crippen molar-refractivity contribution in [2.75, 3.05) is 6.26 Å². The van der Waals surface area contributed by atoms with Crippen LogP contribution >= 0.6 is 23.2 Å². The molecule has 1 atom stereocenters. The number of aromatic amines is 1. The number of fused-ring (bicyclic) bond motifs is 1. The van der Waals surface area contributed by atoms with Gasteiger partial charge in [-0.15, -0.1) is 0 Å². The van der Waals surface area contributed by atoms with Crippen LogP contribution in [-0.2, 0) is 10.0 Å². The smallest absolute Gasteiger partial charge is 0.258 e. The Labute approximate surface area is 206 Å². The van der Waals surface area contributed by atoms with Crippen molar-refractivity contribution in [2.24, 2.45) is 5.10 Å². The lowest BCUT2D eigenvalue weighted by Gasteiger charge is -2.21. The number of hydrazone groups is 1. The van der Waals surface area contributed by atoms with Gasteiger partial charge in [0.05, 0.1) is 23.6 Å². The second kappa shape index (κ2) is 8.58. The predicted molar refractivity (Wildman–Crippen MR) is 137 cm³/mol. The Morgan fingerprint density at radius 3 is 2.29 bits per heavy atom. The highest BCUT2D eigenvalue weighted by Crippen LogP contribution is 2.38. The average molecular weight is 512 g/mol. The molecule has 0 aliphatic carbocycles. The average Bonchev–Trinajstić information content (AvgIpc) is 3.25. The maximum Gasteiger partial charge on any atom is 0.258 e. The molecule has 6 nitrogen and oxygen atoms in total. The first-order valence-corrected chi connectivity index (χ1v) is 13.1. The van der Waals surface area contributed by atoms with Crippen molar-refractivity contribution in [3.8, 4) is 11.1 Å². The number of hydrogen-bond acceptors (Lipinski definition) is 4. The van der Waals surface area contributed by atoms with Gasteiger partial charge in [-0.2, -0.15) is 9.52 Å². The molecule has 9 heteroatoms. The number of nitrogens with one attached hydrogen (secondary N) is 1. The van der Waals surface area contributed by atoms with Crippen molar-refractivity contribution in [3.05, 3.63) is 104 Å². The quantitative estimate of drug-likeness (QED) is 0.386. The van der Waals surface area contributed by atoms with E-state index in [0.29, 0.717) is 32.4 Å². The zero-order chi connectivity index (χ0) is 24.0. The molecule has 2 heterocycles. The minimum absolute atomic E-state index is 0.226. The molecule has 1 aliphatic rings. The molecular weight excluding hydrogens is 493 g/mol. The largest absolute Gasteiger partial charge is 0.321 e. The van der Waals surface area contributed by atoms with E-state index in [2.05, 4.69) is 10.1 Å². The van der Waals surface area contributed by atoms with Gasteiger partial charge in [0, 0.05) is 32.9 Å². The van der Waals surface area contributed by atoms with Gasteiger partial charge in [0.2, 0.25) is 10.0 Å². The number of pyridine rings is 1. The van der Waals surface area contributed by atoms with Crippen molar-refractivity contribution in [2.45, 2.75) is 12.5 Å². The van der Waals surface area contributed by atoms with Crippen molar-refractivity contribution < 1.29 is 8.42 Å². The Kier molecular flexibility index (Phi) is 5.72. The van der Waals surface area contributed by atoms with Crippen molar-refractivity contribution in [1.29, 1.82) is 0 Å². The third-order valence-corrected chi connectivity index (χ3v) is 7.30. The number of halogens is 2. The van der Waals surface area contributed by atoms with Crippen LogP contribution in [0.1, 0.15) is 23.6 Å². The van der Waals surface area contributed by atoms with Crippen LogP contribution in [0.5, 0.6) is 0 Å². The number of rotatable bonds is 4. The topological polar surface area (TPSA) is 82.6 Å². The fourth-order valence-electron chi connectivity index (χ4n) is 4.32. The Morgan fingerprint density at radius 1 is 0.941 bits per heavy atom. The van der Waals surface area contributed by atoms with Crippen LogP contribution in [-0.4, -0.2) is 29.8 Å². The predicted octanol–water partition coefficient (Wildman–Crippen LogP) is 5.61. The van der Waals surface area contributed by atoms with E-state index in [0.717, 1.165) is 27.2 Å². The van der Waals surface area contributed by atoms with Gasteiger partial charge in [0.15, 0.2) is 0 Å². The lowest BCUT2D eigenvalue weighted by molar-refractivity contribution is 0.375. The molecule has 0 bridgehead atoms. The van der Waals surface area contributed by atoms with Crippen molar-refractivity contribution >= 4 is 49.8 Å². The Morgan fingerprint density at radius 2 is 1.62 bits per heavy atom. The SMILES string of the molecule is CS(=O)(=O)N1N=C(c2c(-c3ccccc3)c3cc(Cl)ccc3[nH]c2=O)C[C@@H]1c1ccc(Cl)cc1. The minimum Gasteiger partial charge on any atom is -0.321 e. The molecule has 0 fully saturated rings. The van der Waals surface area contributed by atoms with Gasteiger partial charge in [0.1, 0.15) is 0 Å². The van der Waals surface area contributed by atoms with Crippen LogP contribution in [0.2, 0.25) is 10.0 Å².